The second kappa shape index (κ2) is 10.4. The lowest BCUT2D eigenvalue weighted by Gasteiger charge is -2.35. The van der Waals surface area contributed by atoms with Crippen LogP contribution >= 0.6 is 0 Å². The van der Waals surface area contributed by atoms with Gasteiger partial charge in [-0.3, -0.25) is 4.90 Å². The lowest BCUT2D eigenvalue weighted by Crippen LogP contribution is -2.58. The summed E-state index contributed by atoms with van der Waals surface area (Å²) in [5, 5.41) is 3.22. The van der Waals surface area contributed by atoms with Crippen molar-refractivity contribution in [1.82, 2.24) is 10.2 Å². The Bertz CT molecular complexity index is 558. The molecule has 2 unspecified atom stereocenters. The zero-order valence-corrected chi connectivity index (χ0v) is 16.1. The van der Waals surface area contributed by atoms with E-state index in [2.05, 4.69) is 19.2 Å². The minimum absolute atomic E-state index is 0.337. The topological polar surface area (TPSA) is 58.6 Å². The molecule has 2 rings (SSSR count). The van der Waals surface area contributed by atoms with Crippen molar-refractivity contribution in [2.75, 3.05) is 26.4 Å². The van der Waals surface area contributed by atoms with Gasteiger partial charge in [0.2, 0.25) is 0 Å². The Morgan fingerprint density at radius 3 is 2.69 bits per heavy atom. The predicted octanol–water partition coefficient (Wildman–Crippen LogP) is 2.79. The summed E-state index contributed by atoms with van der Waals surface area (Å²) in [5.41, 5.74) is -0.296. The van der Waals surface area contributed by atoms with E-state index < -0.39 is 11.5 Å². The molecule has 2 atom stereocenters. The van der Waals surface area contributed by atoms with Crippen LogP contribution < -0.4 is 5.32 Å². The number of unbranched alkanes of at least 4 members (excludes halogenated alkanes) is 1. The maximum Gasteiger partial charge on any atom is 0.334 e. The van der Waals surface area contributed by atoms with Gasteiger partial charge in [-0.05, 0) is 17.9 Å². The van der Waals surface area contributed by atoms with Gasteiger partial charge in [-0.2, -0.15) is 0 Å². The third-order valence-corrected chi connectivity index (χ3v) is 5.28. The molecule has 1 aromatic rings. The molecule has 1 N–H and O–H groups in total. The zero-order chi connectivity index (χ0) is 18.8. The second-order valence-corrected chi connectivity index (χ2v) is 7.14. The molecule has 1 heterocycles. The molecule has 0 saturated carbocycles. The van der Waals surface area contributed by atoms with Crippen LogP contribution in [0.3, 0.4) is 0 Å². The molecule has 26 heavy (non-hydrogen) atoms. The zero-order valence-electron chi connectivity index (χ0n) is 16.1. The van der Waals surface area contributed by atoms with Crippen molar-refractivity contribution in [2.45, 2.75) is 51.5 Å². The number of hydrogen-bond donors (Lipinski definition) is 1. The van der Waals surface area contributed by atoms with Crippen molar-refractivity contribution >= 4 is 12.3 Å². The Labute approximate surface area is 157 Å². The fourth-order valence-corrected chi connectivity index (χ4v) is 3.45. The molecule has 5 nitrogen and oxygen atoms in total. The van der Waals surface area contributed by atoms with Crippen LogP contribution in [0.2, 0.25) is 0 Å². The number of carbonyl (C=O) groups excluding carboxylic acids is 2. The van der Waals surface area contributed by atoms with E-state index in [9.17, 15) is 9.59 Å². The van der Waals surface area contributed by atoms with Crippen molar-refractivity contribution in [2.24, 2.45) is 5.92 Å². The number of ether oxygens (including phenoxy) is 1. The Balaban J connectivity index is 2.13. The predicted molar refractivity (Wildman–Crippen MR) is 103 cm³/mol. The molecular weight excluding hydrogens is 328 g/mol. The van der Waals surface area contributed by atoms with Crippen LogP contribution in [0.4, 0.5) is 0 Å². The lowest BCUT2D eigenvalue weighted by molar-refractivity contribution is -0.161. The van der Waals surface area contributed by atoms with Gasteiger partial charge in [0.05, 0.1) is 6.61 Å². The van der Waals surface area contributed by atoms with Crippen molar-refractivity contribution in [3.8, 4) is 0 Å². The lowest BCUT2D eigenvalue weighted by atomic mass is 9.90. The maximum absolute atomic E-state index is 13.1. The molecule has 1 aliphatic rings. The summed E-state index contributed by atoms with van der Waals surface area (Å²) in [6.45, 7) is 6.63. The van der Waals surface area contributed by atoms with E-state index in [1.54, 1.807) is 0 Å². The molecular formula is C21H32N2O3. The normalized spacial score (nSPS) is 18.2. The van der Waals surface area contributed by atoms with Gasteiger partial charge in [0.25, 0.3) is 0 Å². The van der Waals surface area contributed by atoms with Gasteiger partial charge in [-0.1, -0.05) is 63.4 Å². The van der Waals surface area contributed by atoms with E-state index in [1.165, 1.54) is 0 Å². The molecule has 0 aromatic heterocycles. The maximum atomic E-state index is 13.1. The number of nitrogens with zero attached hydrogens (tertiary/aromatic N) is 1. The SMILES string of the molecule is CCCCC(CC)COC(=O)C(C=O)(Cc1ccccc1)N1CCNC1. The number of esters is 1. The van der Waals surface area contributed by atoms with Gasteiger partial charge >= 0.3 is 5.97 Å². The average molecular weight is 360 g/mol. The quantitative estimate of drug-likeness (QED) is 0.374. The fourth-order valence-electron chi connectivity index (χ4n) is 3.45. The van der Waals surface area contributed by atoms with E-state index in [1.807, 2.05) is 35.2 Å². The summed E-state index contributed by atoms with van der Waals surface area (Å²) in [6.07, 6.45) is 5.42. The molecule has 0 bridgehead atoms. The van der Waals surface area contributed by atoms with Gasteiger partial charge < -0.3 is 14.8 Å². The minimum Gasteiger partial charge on any atom is -0.464 e. The first-order valence-electron chi connectivity index (χ1n) is 9.79. The van der Waals surface area contributed by atoms with Gasteiger partial charge in [0, 0.05) is 26.2 Å². The number of hydrogen-bond acceptors (Lipinski definition) is 5. The third-order valence-electron chi connectivity index (χ3n) is 5.28. The molecule has 0 spiro atoms. The Morgan fingerprint density at radius 1 is 1.35 bits per heavy atom. The number of carbonyl (C=O) groups is 2. The summed E-state index contributed by atoms with van der Waals surface area (Å²) in [4.78, 5) is 27.1. The molecule has 0 aliphatic carbocycles. The van der Waals surface area contributed by atoms with Crippen molar-refractivity contribution in [3.63, 3.8) is 0 Å². The highest BCUT2D eigenvalue weighted by Gasteiger charge is 2.47. The largest absolute Gasteiger partial charge is 0.464 e. The van der Waals surface area contributed by atoms with E-state index in [-0.39, 0.29) is 0 Å². The van der Waals surface area contributed by atoms with E-state index in [0.29, 0.717) is 32.2 Å². The van der Waals surface area contributed by atoms with E-state index in [0.717, 1.165) is 44.1 Å². The number of nitrogens with one attached hydrogen (secondary N) is 1. The highest BCUT2D eigenvalue weighted by molar-refractivity contribution is 5.98. The molecule has 0 radical (unpaired) electrons. The molecule has 1 saturated heterocycles. The average Bonchev–Trinajstić information content (AvgIpc) is 3.22. The summed E-state index contributed by atoms with van der Waals surface area (Å²) in [6, 6.07) is 9.68. The van der Waals surface area contributed by atoms with Crippen LogP contribution in [0.5, 0.6) is 0 Å². The van der Waals surface area contributed by atoms with Crippen LogP contribution in [0.25, 0.3) is 0 Å². The van der Waals surface area contributed by atoms with Crippen LogP contribution in [0.15, 0.2) is 30.3 Å². The summed E-state index contributed by atoms with van der Waals surface area (Å²) in [7, 11) is 0. The first kappa shape index (κ1) is 20.6. The van der Waals surface area contributed by atoms with Gasteiger partial charge in [-0.15, -0.1) is 0 Å². The van der Waals surface area contributed by atoms with Crippen molar-refractivity contribution < 1.29 is 14.3 Å². The van der Waals surface area contributed by atoms with Gasteiger partial charge in [-0.25, -0.2) is 4.79 Å². The van der Waals surface area contributed by atoms with E-state index >= 15 is 0 Å². The molecule has 5 heteroatoms. The van der Waals surface area contributed by atoms with E-state index in [4.69, 9.17) is 4.74 Å². The third kappa shape index (κ3) is 5.15. The standard InChI is InChI=1S/C21H32N2O3/c1-3-5-9-18(4-2)15-26-20(25)21(16-24,23-13-12-22-17-23)14-19-10-7-6-8-11-19/h6-8,10-11,16,18,22H,3-5,9,12-15,17H2,1-2H3. The second-order valence-electron chi connectivity index (χ2n) is 7.14. The number of rotatable bonds is 11. The summed E-state index contributed by atoms with van der Waals surface area (Å²) < 4.78 is 5.69. The van der Waals surface area contributed by atoms with Gasteiger partial charge in [0.1, 0.15) is 0 Å². The highest BCUT2D eigenvalue weighted by Crippen LogP contribution is 2.24. The monoisotopic (exact) mass is 360 g/mol. The van der Waals surface area contributed by atoms with Crippen molar-refractivity contribution in [1.29, 1.82) is 0 Å². The first-order chi connectivity index (χ1) is 12.7. The highest BCUT2D eigenvalue weighted by atomic mass is 16.5. The minimum atomic E-state index is -1.26. The van der Waals surface area contributed by atoms with Crippen LogP contribution in [-0.2, 0) is 20.7 Å². The molecule has 1 fully saturated rings. The number of benzene rings is 1. The first-order valence-corrected chi connectivity index (χ1v) is 9.79. The number of aldehydes is 1. The van der Waals surface area contributed by atoms with Crippen molar-refractivity contribution in [3.05, 3.63) is 35.9 Å². The molecule has 1 aromatic carbocycles. The van der Waals surface area contributed by atoms with Crippen LogP contribution in [0.1, 0.15) is 45.1 Å². The molecule has 144 valence electrons. The Hall–Kier alpha value is -1.72. The van der Waals surface area contributed by atoms with Crippen LogP contribution in [0, 0.1) is 5.92 Å². The smallest absolute Gasteiger partial charge is 0.334 e. The molecule has 1 aliphatic heterocycles. The summed E-state index contributed by atoms with van der Waals surface area (Å²) >= 11 is 0. The summed E-state index contributed by atoms with van der Waals surface area (Å²) in [5.74, 6) is -0.0633. The fraction of sp³-hybridized carbons (Fsp3) is 0.619. The van der Waals surface area contributed by atoms with Crippen LogP contribution in [-0.4, -0.2) is 49.1 Å². The molecule has 0 amide bonds. The Morgan fingerprint density at radius 2 is 2.12 bits per heavy atom. The Kier molecular flexibility index (Phi) is 8.26. The van der Waals surface area contributed by atoms with Gasteiger partial charge in [0.15, 0.2) is 11.8 Å².